The van der Waals surface area contributed by atoms with E-state index in [0.29, 0.717) is 23.5 Å². The maximum Gasteiger partial charge on any atom is 0.287 e. The van der Waals surface area contributed by atoms with Gasteiger partial charge in [0.1, 0.15) is 5.02 Å². The molecule has 21 heavy (non-hydrogen) atoms. The minimum Gasteiger partial charge on any atom is -0.366 e. The zero-order valence-corrected chi connectivity index (χ0v) is 13.3. The standard InChI is InChI=1S/C15H23ClN4O/c1-2-20-15(21)14(16)13(9-18-20)19(12-5-6-12)10-11-4-3-7-17-8-11/h9,11-12,17H,2-8,10H2,1H3. The first-order valence-corrected chi connectivity index (χ1v) is 8.31. The van der Waals surface area contributed by atoms with Crippen molar-refractivity contribution < 1.29 is 0 Å². The van der Waals surface area contributed by atoms with Gasteiger partial charge in [0.15, 0.2) is 0 Å². The molecule has 1 aliphatic carbocycles. The van der Waals surface area contributed by atoms with Crippen molar-refractivity contribution in [1.29, 1.82) is 0 Å². The Bertz CT molecular complexity index is 549. The Morgan fingerprint density at radius 2 is 2.29 bits per heavy atom. The van der Waals surface area contributed by atoms with Crippen molar-refractivity contribution in [3.63, 3.8) is 0 Å². The van der Waals surface area contributed by atoms with Gasteiger partial charge in [0.05, 0.1) is 11.9 Å². The van der Waals surface area contributed by atoms with Gasteiger partial charge in [-0.15, -0.1) is 0 Å². The van der Waals surface area contributed by atoms with Crippen LogP contribution in [-0.2, 0) is 6.54 Å². The van der Waals surface area contributed by atoms with E-state index in [0.717, 1.165) is 25.3 Å². The van der Waals surface area contributed by atoms with Crippen LogP contribution >= 0.6 is 11.6 Å². The second-order valence-electron chi connectivity index (χ2n) is 6.06. The molecule has 6 heteroatoms. The second-order valence-corrected chi connectivity index (χ2v) is 6.44. The molecule has 1 unspecified atom stereocenters. The summed E-state index contributed by atoms with van der Waals surface area (Å²) in [5, 5.41) is 8.02. The zero-order chi connectivity index (χ0) is 14.8. The molecule has 1 saturated carbocycles. The average molecular weight is 311 g/mol. The first-order chi connectivity index (χ1) is 10.2. The van der Waals surface area contributed by atoms with Crippen LogP contribution in [0.3, 0.4) is 0 Å². The molecule has 0 radical (unpaired) electrons. The van der Waals surface area contributed by atoms with Crippen molar-refractivity contribution in [2.75, 3.05) is 24.5 Å². The fraction of sp³-hybridized carbons (Fsp3) is 0.733. The van der Waals surface area contributed by atoms with Crippen LogP contribution in [0.2, 0.25) is 5.02 Å². The Balaban J connectivity index is 1.83. The first-order valence-electron chi connectivity index (χ1n) is 7.93. The number of piperidine rings is 1. The van der Waals surface area contributed by atoms with Gasteiger partial charge in [-0.3, -0.25) is 4.79 Å². The van der Waals surface area contributed by atoms with E-state index in [-0.39, 0.29) is 5.56 Å². The summed E-state index contributed by atoms with van der Waals surface area (Å²) in [4.78, 5) is 14.5. The molecule has 1 aromatic rings. The molecule has 1 saturated heterocycles. The first kappa shape index (κ1) is 14.9. The molecule has 1 N–H and O–H groups in total. The number of hydrogen-bond donors (Lipinski definition) is 1. The Labute approximate surface area is 130 Å². The molecular formula is C15H23ClN4O. The number of halogens is 1. The number of nitrogens with zero attached hydrogens (tertiary/aromatic N) is 3. The third kappa shape index (κ3) is 3.24. The van der Waals surface area contributed by atoms with Gasteiger partial charge in [-0.1, -0.05) is 11.6 Å². The van der Waals surface area contributed by atoms with Gasteiger partial charge in [0, 0.05) is 19.1 Å². The van der Waals surface area contributed by atoms with Crippen LogP contribution in [0.5, 0.6) is 0 Å². The van der Waals surface area contributed by atoms with Crippen LogP contribution < -0.4 is 15.8 Å². The normalized spacial score (nSPS) is 22.3. The van der Waals surface area contributed by atoms with E-state index in [2.05, 4.69) is 15.3 Å². The predicted octanol–water partition coefficient (Wildman–Crippen LogP) is 1.88. The van der Waals surface area contributed by atoms with Gasteiger partial charge in [-0.05, 0) is 51.6 Å². The lowest BCUT2D eigenvalue weighted by Crippen LogP contribution is -2.40. The third-order valence-electron chi connectivity index (χ3n) is 4.42. The predicted molar refractivity (Wildman–Crippen MR) is 85.1 cm³/mol. The highest BCUT2D eigenvalue weighted by molar-refractivity contribution is 6.33. The maximum absolute atomic E-state index is 12.2. The summed E-state index contributed by atoms with van der Waals surface area (Å²) in [6, 6.07) is 0.531. The van der Waals surface area contributed by atoms with Crippen molar-refractivity contribution in [2.45, 2.75) is 45.2 Å². The molecule has 3 rings (SSSR count). The van der Waals surface area contributed by atoms with Crippen LogP contribution in [0.1, 0.15) is 32.6 Å². The van der Waals surface area contributed by atoms with Gasteiger partial charge in [-0.2, -0.15) is 5.10 Å². The molecular weight excluding hydrogens is 288 g/mol. The van der Waals surface area contributed by atoms with Gasteiger partial charge in [0.2, 0.25) is 0 Å². The van der Waals surface area contributed by atoms with E-state index in [9.17, 15) is 4.79 Å². The van der Waals surface area contributed by atoms with E-state index in [4.69, 9.17) is 11.6 Å². The van der Waals surface area contributed by atoms with E-state index < -0.39 is 0 Å². The fourth-order valence-corrected chi connectivity index (χ4v) is 3.33. The monoisotopic (exact) mass is 310 g/mol. The van der Waals surface area contributed by atoms with Gasteiger partial charge >= 0.3 is 0 Å². The van der Waals surface area contributed by atoms with Crippen LogP contribution in [-0.4, -0.2) is 35.5 Å². The second kappa shape index (κ2) is 6.36. The summed E-state index contributed by atoms with van der Waals surface area (Å²) in [6.07, 6.45) is 6.61. The van der Waals surface area contributed by atoms with Gasteiger partial charge in [0.25, 0.3) is 5.56 Å². The molecule has 1 aromatic heterocycles. The molecule has 0 aromatic carbocycles. The van der Waals surface area contributed by atoms with Crippen LogP contribution in [0.15, 0.2) is 11.0 Å². The molecule has 1 aliphatic heterocycles. The van der Waals surface area contributed by atoms with E-state index in [1.165, 1.54) is 30.4 Å². The van der Waals surface area contributed by atoms with Gasteiger partial charge in [-0.25, -0.2) is 4.68 Å². The van der Waals surface area contributed by atoms with Crippen molar-refractivity contribution >= 4 is 17.3 Å². The number of anilines is 1. The maximum atomic E-state index is 12.2. The Hall–Kier alpha value is -1.07. The summed E-state index contributed by atoms with van der Waals surface area (Å²) in [6.45, 7) is 5.59. The quantitative estimate of drug-likeness (QED) is 0.902. The number of hydrogen-bond acceptors (Lipinski definition) is 4. The molecule has 2 heterocycles. The molecule has 2 aliphatic rings. The minimum atomic E-state index is -0.177. The van der Waals surface area contributed by atoms with Crippen molar-refractivity contribution in [2.24, 2.45) is 5.92 Å². The molecule has 116 valence electrons. The minimum absolute atomic E-state index is 0.177. The fourth-order valence-electron chi connectivity index (χ4n) is 3.07. The summed E-state index contributed by atoms with van der Waals surface area (Å²) >= 11 is 6.33. The highest BCUT2D eigenvalue weighted by Crippen LogP contribution is 2.35. The lowest BCUT2D eigenvalue weighted by molar-refractivity contribution is 0.375. The topological polar surface area (TPSA) is 50.2 Å². The van der Waals surface area contributed by atoms with Crippen molar-refractivity contribution in [1.82, 2.24) is 15.1 Å². The molecule has 0 bridgehead atoms. The summed E-state index contributed by atoms with van der Waals surface area (Å²) < 4.78 is 1.42. The SMILES string of the molecule is CCn1ncc(N(CC2CCCNC2)C2CC2)c(Cl)c1=O. The summed E-state index contributed by atoms with van der Waals surface area (Å²) in [5.74, 6) is 0.629. The number of rotatable bonds is 5. The van der Waals surface area contributed by atoms with Crippen LogP contribution in [0.25, 0.3) is 0 Å². The zero-order valence-electron chi connectivity index (χ0n) is 12.5. The van der Waals surface area contributed by atoms with Crippen molar-refractivity contribution in [3.05, 3.63) is 21.6 Å². The third-order valence-corrected chi connectivity index (χ3v) is 4.77. The largest absolute Gasteiger partial charge is 0.366 e. The highest BCUT2D eigenvalue weighted by atomic mass is 35.5. The molecule has 2 fully saturated rings. The summed E-state index contributed by atoms with van der Waals surface area (Å²) in [7, 11) is 0. The average Bonchev–Trinajstić information content (AvgIpc) is 3.34. The van der Waals surface area contributed by atoms with Crippen LogP contribution in [0, 0.1) is 5.92 Å². The Morgan fingerprint density at radius 3 is 2.90 bits per heavy atom. The van der Waals surface area contributed by atoms with Crippen LogP contribution in [0.4, 0.5) is 5.69 Å². The van der Waals surface area contributed by atoms with E-state index in [1.807, 2.05) is 6.92 Å². The molecule has 1 atom stereocenters. The molecule has 0 amide bonds. The lowest BCUT2D eigenvalue weighted by Gasteiger charge is -2.32. The molecule has 5 nitrogen and oxygen atoms in total. The number of aryl methyl sites for hydroxylation is 1. The smallest absolute Gasteiger partial charge is 0.287 e. The Morgan fingerprint density at radius 1 is 1.48 bits per heavy atom. The number of nitrogens with one attached hydrogen (secondary N) is 1. The van der Waals surface area contributed by atoms with Gasteiger partial charge < -0.3 is 10.2 Å². The van der Waals surface area contributed by atoms with E-state index in [1.54, 1.807) is 6.20 Å². The lowest BCUT2D eigenvalue weighted by atomic mass is 9.99. The van der Waals surface area contributed by atoms with Crippen molar-refractivity contribution in [3.8, 4) is 0 Å². The molecule has 0 spiro atoms. The van der Waals surface area contributed by atoms with E-state index >= 15 is 0 Å². The number of aromatic nitrogens is 2. The Kier molecular flexibility index (Phi) is 4.50. The summed E-state index contributed by atoms with van der Waals surface area (Å²) in [5.41, 5.74) is 0.642. The highest BCUT2D eigenvalue weighted by Gasteiger charge is 2.33.